The normalized spacial score (nSPS) is 20.8. The highest BCUT2D eigenvalue weighted by molar-refractivity contribution is 5.76. The summed E-state index contributed by atoms with van der Waals surface area (Å²) >= 11 is 0. The number of piperidine rings is 1. The van der Waals surface area contributed by atoms with Crippen molar-refractivity contribution in [3.05, 3.63) is 53.3 Å². The summed E-state index contributed by atoms with van der Waals surface area (Å²) in [5.74, 6) is 0.315. The zero-order valence-corrected chi connectivity index (χ0v) is 15.4. The van der Waals surface area contributed by atoms with Crippen molar-refractivity contribution < 1.29 is 4.79 Å². The number of rotatable bonds is 5. The maximum atomic E-state index is 12.6. The van der Waals surface area contributed by atoms with E-state index in [9.17, 15) is 4.79 Å². The molecular weight excluding hydrogens is 324 g/mol. The molecule has 0 saturated carbocycles. The maximum absolute atomic E-state index is 12.6. The molecule has 1 N–H and O–H groups in total. The molecule has 0 radical (unpaired) electrons. The molecule has 5 heteroatoms. The Morgan fingerprint density at radius 2 is 2.12 bits per heavy atom. The van der Waals surface area contributed by atoms with Crippen molar-refractivity contribution >= 4 is 5.91 Å². The maximum Gasteiger partial charge on any atom is 0.222 e. The second-order valence-electron chi connectivity index (χ2n) is 7.59. The molecule has 2 aliphatic heterocycles. The molecule has 1 unspecified atom stereocenters. The van der Waals surface area contributed by atoms with Gasteiger partial charge in [0, 0.05) is 44.8 Å². The van der Waals surface area contributed by atoms with Gasteiger partial charge in [-0.3, -0.25) is 14.8 Å². The summed E-state index contributed by atoms with van der Waals surface area (Å²) in [7, 11) is 0. The number of hydrogen-bond donors (Lipinski definition) is 1. The van der Waals surface area contributed by atoms with Crippen LogP contribution in [0.4, 0.5) is 0 Å². The number of nitrogens with zero attached hydrogens (tertiary/aromatic N) is 3. The highest BCUT2D eigenvalue weighted by atomic mass is 16.2. The molecule has 2 aliphatic rings. The second kappa shape index (κ2) is 8.04. The Morgan fingerprint density at radius 3 is 2.96 bits per heavy atom. The molecular formula is C21H28N4O. The van der Waals surface area contributed by atoms with E-state index in [1.54, 1.807) is 0 Å². The number of amides is 1. The number of aromatic amines is 1. The summed E-state index contributed by atoms with van der Waals surface area (Å²) in [6.07, 6.45) is 9.67. The zero-order chi connectivity index (χ0) is 17.8. The van der Waals surface area contributed by atoms with Gasteiger partial charge in [0.1, 0.15) is 0 Å². The highest BCUT2D eigenvalue weighted by Crippen LogP contribution is 2.24. The lowest BCUT2D eigenvalue weighted by molar-refractivity contribution is -0.133. The topological polar surface area (TPSA) is 52.2 Å². The molecule has 0 aliphatic carbocycles. The van der Waals surface area contributed by atoms with Crippen LogP contribution >= 0.6 is 0 Å². The molecule has 2 aromatic rings. The largest absolute Gasteiger partial charge is 0.341 e. The van der Waals surface area contributed by atoms with Gasteiger partial charge in [-0.2, -0.15) is 5.10 Å². The molecule has 0 spiro atoms. The molecule has 1 amide bonds. The predicted octanol–water partition coefficient (Wildman–Crippen LogP) is 2.78. The Hall–Kier alpha value is -2.14. The van der Waals surface area contributed by atoms with Gasteiger partial charge in [-0.15, -0.1) is 0 Å². The van der Waals surface area contributed by atoms with E-state index in [-0.39, 0.29) is 0 Å². The minimum atomic E-state index is 0.315. The lowest BCUT2D eigenvalue weighted by Gasteiger charge is -2.41. The molecule has 5 nitrogen and oxygen atoms in total. The second-order valence-corrected chi connectivity index (χ2v) is 7.59. The third kappa shape index (κ3) is 3.98. The summed E-state index contributed by atoms with van der Waals surface area (Å²) in [4.78, 5) is 17.3. The Balaban J connectivity index is 1.29. The van der Waals surface area contributed by atoms with Crippen molar-refractivity contribution in [2.75, 3.05) is 19.6 Å². The van der Waals surface area contributed by atoms with Gasteiger partial charge in [0.2, 0.25) is 5.91 Å². The molecule has 0 bridgehead atoms. The first-order chi connectivity index (χ1) is 12.8. The Bertz CT molecular complexity index is 727. The Kier molecular flexibility index (Phi) is 5.34. The summed E-state index contributed by atoms with van der Waals surface area (Å²) in [6.45, 7) is 3.96. The summed E-state index contributed by atoms with van der Waals surface area (Å²) in [5, 5.41) is 6.79. The standard InChI is InChI=1S/C21H28N4O/c26-21(9-3-5-17-13-22-23-14-17)25-11-4-8-20(16-25)24-12-10-18-6-1-2-7-19(18)15-24/h1-2,6-7,13-14,20H,3-5,8-12,15-16H2,(H,22,23). The summed E-state index contributed by atoms with van der Waals surface area (Å²) < 4.78 is 0. The number of carbonyl (C=O) groups excluding carboxylic acids is 1. The van der Waals surface area contributed by atoms with E-state index in [2.05, 4.69) is 44.3 Å². The first-order valence-electron chi connectivity index (χ1n) is 9.86. The fourth-order valence-corrected chi connectivity index (χ4v) is 4.32. The van der Waals surface area contributed by atoms with E-state index >= 15 is 0 Å². The van der Waals surface area contributed by atoms with Crippen LogP contribution in [-0.2, 0) is 24.2 Å². The number of fused-ring (bicyclic) bond motifs is 1. The Labute approximate surface area is 155 Å². The molecule has 1 saturated heterocycles. The number of H-pyrrole nitrogens is 1. The van der Waals surface area contributed by atoms with Crippen molar-refractivity contribution in [3.63, 3.8) is 0 Å². The van der Waals surface area contributed by atoms with Gasteiger partial charge in [-0.25, -0.2) is 0 Å². The minimum absolute atomic E-state index is 0.315. The van der Waals surface area contributed by atoms with Crippen LogP contribution in [0.5, 0.6) is 0 Å². The van der Waals surface area contributed by atoms with Crippen LogP contribution in [0.15, 0.2) is 36.7 Å². The number of nitrogens with one attached hydrogen (secondary N) is 1. The molecule has 138 valence electrons. The fraction of sp³-hybridized carbons (Fsp3) is 0.524. The average Bonchev–Trinajstić information content (AvgIpc) is 3.21. The van der Waals surface area contributed by atoms with Crippen LogP contribution in [0, 0.1) is 0 Å². The zero-order valence-electron chi connectivity index (χ0n) is 15.4. The van der Waals surface area contributed by atoms with E-state index < -0.39 is 0 Å². The van der Waals surface area contributed by atoms with Crippen LogP contribution in [0.25, 0.3) is 0 Å². The SMILES string of the molecule is O=C(CCCc1cn[nH]c1)N1CCCC(N2CCc3ccccc3C2)C1. The molecule has 1 aromatic carbocycles. The fourth-order valence-electron chi connectivity index (χ4n) is 4.32. The first kappa shape index (κ1) is 17.3. The number of hydrogen-bond acceptors (Lipinski definition) is 3. The van der Waals surface area contributed by atoms with E-state index in [0.29, 0.717) is 18.4 Å². The number of benzene rings is 1. The molecule has 3 heterocycles. The smallest absolute Gasteiger partial charge is 0.222 e. The van der Waals surface area contributed by atoms with Gasteiger partial charge in [0.05, 0.1) is 6.20 Å². The molecule has 26 heavy (non-hydrogen) atoms. The summed E-state index contributed by atoms with van der Waals surface area (Å²) in [5.41, 5.74) is 4.13. The van der Waals surface area contributed by atoms with Crippen LogP contribution in [0.1, 0.15) is 42.4 Å². The number of aromatic nitrogens is 2. The average molecular weight is 352 g/mol. The van der Waals surface area contributed by atoms with E-state index in [0.717, 1.165) is 51.9 Å². The van der Waals surface area contributed by atoms with Crippen molar-refractivity contribution in [1.29, 1.82) is 0 Å². The monoisotopic (exact) mass is 352 g/mol. The number of aryl methyl sites for hydroxylation is 1. The van der Waals surface area contributed by atoms with E-state index in [1.165, 1.54) is 23.1 Å². The van der Waals surface area contributed by atoms with Gasteiger partial charge in [0.25, 0.3) is 0 Å². The van der Waals surface area contributed by atoms with Gasteiger partial charge < -0.3 is 4.90 Å². The van der Waals surface area contributed by atoms with Crippen LogP contribution in [-0.4, -0.2) is 51.6 Å². The predicted molar refractivity (Wildman–Crippen MR) is 102 cm³/mol. The molecule has 1 fully saturated rings. The molecule has 1 aromatic heterocycles. The van der Waals surface area contributed by atoms with Gasteiger partial charge in [0.15, 0.2) is 0 Å². The first-order valence-corrected chi connectivity index (χ1v) is 9.86. The van der Waals surface area contributed by atoms with E-state index in [1.807, 2.05) is 12.4 Å². The lowest BCUT2D eigenvalue weighted by Crippen LogP contribution is -2.50. The third-order valence-electron chi connectivity index (χ3n) is 5.84. The molecule has 4 rings (SSSR count). The van der Waals surface area contributed by atoms with Gasteiger partial charge in [-0.1, -0.05) is 24.3 Å². The number of likely N-dealkylation sites (tertiary alicyclic amines) is 1. The van der Waals surface area contributed by atoms with E-state index in [4.69, 9.17) is 0 Å². The van der Waals surface area contributed by atoms with Crippen LogP contribution in [0.3, 0.4) is 0 Å². The molecule has 1 atom stereocenters. The van der Waals surface area contributed by atoms with Crippen LogP contribution < -0.4 is 0 Å². The lowest BCUT2D eigenvalue weighted by atomic mass is 9.96. The highest BCUT2D eigenvalue weighted by Gasteiger charge is 2.29. The van der Waals surface area contributed by atoms with Gasteiger partial charge >= 0.3 is 0 Å². The van der Waals surface area contributed by atoms with Crippen LogP contribution in [0.2, 0.25) is 0 Å². The third-order valence-corrected chi connectivity index (χ3v) is 5.84. The number of carbonyl (C=O) groups is 1. The van der Waals surface area contributed by atoms with Crippen molar-refractivity contribution in [3.8, 4) is 0 Å². The van der Waals surface area contributed by atoms with Crippen molar-refractivity contribution in [2.45, 2.75) is 51.1 Å². The summed E-state index contributed by atoms with van der Waals surface area (Å²) in [6, 6.07) is 9.29. The quantitative estimate of drug-likeness (QED) is 0.900. The van der Waals surface area contributed by atoms with Crippen molar-refractivity contribution in [1.82, 2.24) is 20.0 Å². The Morgan fingerprint density at radius 1 is 1.23 bits per heavy atom. The minimum Gasteiger partial charge on any atom is -0.341 e. The van der Waals surface area contributed by atoms with Crippen molar-refractivity contribution in [2.24, 2.45) is 0 Å². The van der Waals surface area contributed by atoms with Gasteiger partial charge in [-0.05, 0) is 48.8 Å².